The quantitative estimate of drug-likeness (QED) is 0.752. The van der Waals surface area contributed by atoms with Gasteiger partial charge in [0.15, 0.2) is 0 Å². The van der Waals surface area contributed by atoms with Crippen molar-refractivity contribution in [3.8, 4) is 0 Å². The molecule has 2 aromatic rings. The lowest BCUT2D eigenvalue weighted by Gasteiger charge is -2.34. The summed E-state index contributed by atoms with van der Waals surface area (Å²) >= 11 is 0. The van der Waals surface area contributed by atoms with Gasteiger partial charge in [-0.05, 0) is 61.9 Å². The minimum Gasteiger partial charge on any atom is -0.364 e. The van der Waals surface area contributed by atoms with Crippen molar-refractivity contribution in [2.45, 2.75) is 13.8 Å². The summed E-state index contributed by atoms with van der Waals surface area (Å²) in [5, 5.41) is 0. The first kappa shape index (κ1) is 19.3. The molecule has 0 aliphatic carbocycles. The number of carbonyl (C=O) groups is 2. The smallest absolute Gasteiger partial charge is 0.282 e. The van der Waals surface area contributed by atoms with Gasteiger partial charge in [0.25, 0.3) is 11.8 Å². The van der Waals surface area contributed by atoms with Gasteiger partial charge in [-0.15, -0.1) is 0 Å². The van der Waals surface area contributed by atoms with Crippen LogP contribution < -0.4 is 4.90 Å². The number of halogens is 1. The van der Waals surface area contributed by atoms with E-state index in [0.29, 0.717) is 30.0 Å². The van der Waals surface area contributed by atoms with Crippen molar-refractivity contribution in [2.24, 2.45) is 0 Å². The summed E-state index contributed by atoms with van der Waals surface area (Å²) < 4.78 is 13.4. The molecule has 0 unspecified atom stereocenters. The molecule has 2 aliphatic heterocycles. The van der Waals surface area contributed by atoms with Crippen molar-refractivity contribution in [1.29, 1.82) is 0 Å². The normalized spacial score (nSPS) is 18.2. The number of imide groups is 1. The van der Waals surface area contributed by atoms with Crippen molar-refractivity contribution in [1.82, 2.24) is 9.80 Å². The summed E-state index contributed by atoms with van der Waals surface area (Å²) in [6, 6.07) is 11.3. The van der Waals surface area contributed by atoms with Crippen molar-refractivity contribution >= 4 is 23.1 Å². The second kappa shape index (κ2) is 7.44. The van der Waals surface area contributed by atoms with Crippen LogP contribution >= 0.6 is 0 Å². The minimum absolute atomic E-state index is 0.348. The van der Waals surface area contributed by atoms with E-state index in [0.717, 1.165) is 34.7 Å². The minimum atomic E-state index is -0.408. The lowest BCUT2D eigenvalue weighted by molar-refractivity contribution is -0.120. The van der Waals surface area contributed by atoms with Gasteiger partial charge < -0.3 is 9.80 Å². The highest BCUT2D eigenvalue weighted by Gasteiger charge is 2.42. The Labute approximate surface area is 170 Å². The first-order valence-corrected chi connectivity index (χ1v) is 9.76. The molecule has 0 atom stereocenters. The van der Waals surface area contributed by atoms with E-state index < -0.39 is 5.82 Å². The van der Waals surface area contributed by atoms with Crippen LogP contribution in [0.3, 0.4) is 0 Å². The lowest BCUT2D eigenvalue weighted by Crippen LogP contribution is -2.46. The number of nitrogens with zero attached hydrogens (tertiary/aromatic N) is 3. The van der Waals surface area contributed by atoms with Crippen molar-refractivity contribution < 1.29 is 14.0 Å². The first-order valence-electron chi connectivity index (χ1n) is 9.76. The summed E-state index contributed by atoms with van der Waals surface area (Å²) in [6.07, 6.45) is 0. The number of amides is 2. The zero-order valence-electron chi connectivity index (χ0n) is 16.9. The molecule has 6 heteroatoms. The molecule has 0 spiro atoms. The van der Waals surface area contributed by atoms with Gasteiger partial charge in [-0.25, -0.2) is 9.29 Å². The maximum Gasteiger partial charge on any atom is 0.282 e. The highest BCUT2D eigenvalue weighted by atomic mass is 19.1. The predicted octanol–water partition coefficient (Wildman–Crippen LogP) is 2.97. The summed E-state index contributed by atoms with van der Waals surface area (Å²) in [5.74, 6) is -1.12. The largest absolute Gasteiger partial charge is 0.364 e. The third kappa shape index (κ3) is 3.44. The molecule has 2 heterocycles. The second-order valence-electron chi connectivity index (χ2n) is 7.74. The topological polar surface area (TPSA) is 43.9 Å². The molecule has 150 valence electrons. The van der Waals surface area contributed by atoms with Gasteiger partial charge in [0, 0.05) is 26.2 Å². The Morgan fingerprint density at radius 2 is 1.48 bits per heavy atom. The molecule has 0 aromatic heterocycles. The van der Waals surface area contributed by atoms with E-state index in [9.17, 15) is 14.0 Å². The average Bonchev–Trinajstić information content (AvgIpc) is 2.96. The number of benzene rings is 2. The van der Waals surface area contributed by atoms with Crippen LogP contribution in [0.4, 0.5) is 10.1 Å². The molecule has 2 aliphatic rings. The molecule has 2 aromatic carbocycles. The summed E-state index contributed by atoms with van der Waals surface area (Å²) in [5.41, 5.74) is 4.18. The van der Waals surface area contributed by atoms with Crippen LogP contribution in [0, 0.1) is 19.7 Å². The lowest BCUT2D eigenvalue weighted by atomic mass is 9.99. The van der Waals surface area contributed by atoms with Crippen LogP contribution in [-0.4, -0.2) is 54.8 Å². The highest BCUT2D eigenvalue weighted by Crippen LogP contribution is 2.35. The van der Waals surface area contributed by atoms with Crippen molar-refractivity contribution in [3.05, 3.63) is 70.7 Å². The second-order valence-corrected chi connectivity index (χ2v) is 7.74. The van der Waals surface area contributed by atoms with Crippen LogP contribution in [-0.2, 0) is 9.59 Å². The van der Waals surface area contributed by atoms with Crippen molar-refractivity contribution in [3.63, 3.8) is 0 Å². The highest BCUT2D eigenvalue weighted by molar-refractivity contribution is 6.45. The van der Waals surface area contributed by atoms with Gasteiger partial charge in [-0.3, -0.25) is 9.59 Å². The Hall–Kier alpha value is -2.99. The molecule has 1 fully saturated rings. The predicted molar refractivity (Wildman–Crippen MR) is 111 cm³/mol. The fourth-order valence-electron chi connectivity index (χ4n) is 3.82. The number of hydrogen-bond acceptors (Lipinski definition) is 4. The number of carbonyl (C=O) groups excluding carboxylic acids is 2. The number of anilines is 1. The third-order valence-corrected chi connectivity index (χ3v) is 5.76. The fourth-order valence-corrected chi connectivity index (χ4v) is 3.82. The molecule has 2 amide bonds. The fraction of sp³-hybridized carbons (Fsp3) is 0.304. The molecule has 0 N–H and O–H groups in total. The van der Waals surface area contributed by atoms with Crippen LogP contribution in [0.25, 0.3) is 5.57 Å². The Kier molecular flexibility index (Phi) is 4.96. The average molecular weight is 393 g/mol. The van der Waals surface area contributed by atoms with Crippen LogP contribution in [0.15, 0.2) is 48.2 Å². The molecule has 0 radical (unpaired) electrons. The molecular formula is C23H24FN3O2. The van der Waals surface area contributed by atoms with E-state index >= 15 is 0 Å². The van der Waals surface area contributed by atoms with E-state index in [1.54, 1.807) is 0 Å². The Bertz CT molecular complexity index is 1010. The molecule has 4 rings (SSSR count). The Morgan fingerprint density at radius 3 is 2.10 bits per heavy atom. The third-order valence-electron chi connectivity index (χ3n) is 5.76. The van der Waals surface area contributed by atoms with E-state index in [4.69, 9.17) is 0 Å². The summed E-state index contributed by atoms with van der Waals surface area (Å²) in [4.78, 5) is 32.2. The zero-order valence-corrected chi connectivity index (χ0v) is 16.9. The Morgan fingerprint density at radius 1 is 0.828 bits per heavy atom. The number of likely N-dealkylation sites (N-methyl/N-ethyl adjacent to an activating group) is 1. The monoisotopic (exact) mass is 393 g/mol. The molecule has 0 bridgehead atoms. The molecular weight excluding hydrogens is 369 g/mol. The summed E-state index contributed by atoms with van der Waals surface area (Å²) in [7, 11) is 2.04. The molecule has 0 saturated carbocycles. The van der Waals surface area contributed by atoms with Gasteiger partial charge in [0.05, 0.1) is 11.3 Å². The first-order chi connectivity index (χ1) is 13.9. The number of piperazine rings is 1. The zero-order chi connectivity index (χ0) is 20.7. The maximum atomic E-state index is 13.4. The maximum absolute atomic E-state index is 13.4. The van der Waals surface area contributed by atoms with Gasteiger partial charge in [-0.2, -0.15) is 0 Å². The van der Waals surface area contributed by atoms with Crippen molar-refractivity contribution in [2.75, 3.05) is 38.1 Å². The van der Waals surface area contributed by atoms with Crippen LogP contribution in [0.2, 0.25) is 0 Å². The van der Waals surface area contributed by atoms with Crippen LogP contribution in [0.5, 0.6) is 0 Å². The number of aryl methyl sites for hydroxylation is 2. The van der Waals surface area contributed by atoms with E-state index in [1.165, 1.54) is 24.3 Å². The van der Waals surface area contributed by atoms with Gasteiger partial charge in [0.1, 0.15) is 11.5 Å². The number of rotatable bonds is 3. The molecule has 29 heavy (non-hydrogen) atoms. The van der Waals surface area contributed by atoms with Gasteiger partial charge in [-0.1, -0.05) is 18.2 Å². The SMILES string of the molecule is Cc1ccc(C2=C(N3CCN(C)CC3)C(=O)N(c3ccc(F)cc3)C2=O)cc1C. The summed E-state index contributed by atoms with van der Waals surface area (Å²) in [6.45, 7) is 7.01. The van der Waals surface area contributed by atoms with E-state index in [1.807, 2.05) is 44.0 Å². The van der Waals surface area contributed by atoms with E-state index in [2.05, 4.69) is 4.90 Å². The van der Waals surface area contributed by atoms with Gasteiger partial charge in [0.2, 0.25) is 0 Å². The standard InChI is InChI=1S/C23H24FN3O2/c1-15-4-5-17(14-16(15)2)20-21(26-12-10-25(3)11-13-26)23(29)27(22(20)28)19-8-6-18(24)7-9-19/h4-9,14H,10-13H2,1-3H3. The molecule has 5 nitrogen and oxygen atoms in total. The number of hydrogen-bond donors (Lipinski definition) is 0. The van der Waals surface area contributed by atoms with E-state index in [-0.39, 0.29) is 11.8 Å². The molecule has 1 saturated heterocycles. The Balaban J connectivity index is 1.82. The van der Waals surface area contributed by atoms with Crippen LogP contribution in [0.1, 0.15) is 16.7 Å². The van der Waals surface area contributed by atoms with Gasteiger partial charge >= 0.3 is 0 Å².